The Morgan fingerprint density at radius 2 is 1.57 bits per heavy atom. The lowest BCUT2D eigenvalue weighted by Crippen LogP contribution is -2.36. The molecule has 0 amide bonds. The molecule has 3 aromatic rings. The van der Waals surface area contributed by atoms with Crippen molar-refractivity contribution >= 4 is 29.9 Å². The number of nitrogens with zero attached hydrogens (tertiary/aromatic N) is 2. The molecule has 0 unspecified atom stereocenters. The zero-order valence-corrected chi connectivity index (χ0v) is 18.4. The van der Waals surface area contributed by atoms with E-state index in [1.165, 1.54) is 0 Å². The molecule has 0 saturated carbocycles. The molecule has 0 radical (unpaired) electrons. The lowest BCUT2D eigenvalue weighted by atomic mass is 10.2. The minimum absolute atomic E-state index is 0. The van der Waals surface area contributed by atoms with Gasteiger partial charge in [0.05, 0.1) is 12.2 Å². The Morgan fingerprint density at radius 1 is 0.893 bits per heavy atom. The second-order valence-electron chi connectivity index (χ2n) is 6.08. The summed E-state index contributed by atoms with van der Waals surface area (Å²) >= 11 is 0. The van der Waals surface area contributed by atoms with Crippen LogP contribution in [0.15, 0.2) is 77.9 Å². The monoisotopic (exact) mass is 488 g/mol. The van der Waals surface area contributed by atoms with Crippen molar-refractivity contribution in [1.82, 2.24) is 15.6 Å². The van der Waals surface area contributed by atoms with E-state index in [1.54, 1.807) is 13.2 Å². The number of guanidine groups is 1. The highest BCUT2D eigenvalue weighted by molar-refractivity contribution is 14.0. The number of hydrogen-bond acceptors (Lipinski definition) is 3. The number of aliphatic imine (C=N–C) groups is 1. The Labute approximate surface area is 183 Å². The average Bonchev–Trinajstić information content (AvgIpc) is 2.71. The van der Waals surface area contributed by atoms with Gasteiger partial charge in [-0.15, -0.1) is 24.0 Å². The van der Waals surface area contributed by atoms with Gasteiger partial charge < -0.3 is 15.4 Å². The molecule has 0 atom stereocenters. The van der Waals surface area contributed by atoms with E-state index in [0.29, 0.717) is 19.0 Å². The molecule has 1 heterocycles. The van der Waals surface area contributed by atoms with Gasteiger partial charge in [0.15, 0.2) is 5.96 Å². The van der Waals surface area contributed by atoms with E-state index in [4.69, 9.17) is 4.74 Å². The van der Waals surface area contributed by atoms with E-state index in [-0.39, 0.29) is 24.0 Å². The predicted molar refractivity (Wildman–Crippen MR) is 124 cm³/mol. The first-order valence-electron chi connectivity index (χ1n) is 8.92. The van der Waals surface area contributed by atoms with E-state index in [2.05, 4.69) is 20.6 Å². The Kier molecular flexibility index (Phi) is 8.74. The highest BCUT2D eigenvalue weighted by atomic mass is 127. The van der Waals surface area contributed by atoms with Crippen molar-refractivity contribution in [3.05, 3.63) is 89.7 Å². The molecule has 0 aliphatic carbocycles. The molecule has 0 saturated heterocycles. The lowest BCUT2D eigenvalue weighted by molar-refractivity contribution is 0.471. The van der Waals surface area contributed by atoms with Gasteiger partial charge in [-0.1, -0.05) is 42.5 Å². The molecule has 0 bridgehead atoms. The highest BCUT2D eigenvalue weighted by Crippen LogP contribution is 2.27. The van der Waals surface area contributed by atoms with Crippen molar-refractivity contribution in [3.63, 3.8) is 0 Å². The Hall–Kier alpha value is -2.61. The predicted octanol–water partition coefficient (Wildman–Crippen LogP) is 4.67. The average molecular weight is 488 g/mol. The van der Waals surface area contributed by atoms with Crippen LogP contribution >= 0.6 is 24.0 Å². The number of para-hydroxylation sites is 2. The van der Waals surface area contributed by atoms with Crippen LogP contribution in [-0.2, 0) is 13.1 Å². The van der Waals surface area contributed by atoms with Gasteiger partial charge >= 0.3 is 0 Å². The quantitative estimate of drug-likeness (QED) is 0.301. The number of halogens is 1. The van der Waals surface area contributed by atoms with E-state index in [1.807, 2.05) is 73.7 Å². The molecule has 2 aromatic carbocycles. The number of rotatable bonds is 6. The van der Waals surface area contributed by atoms with Crippen LogP contribution in [0.25, 0.3) is 0 Å². The molecule has 146 valence electrons. The van der Waals surface area contributed by atoms with Crippen LogP contribution in [0.4, 0.5) is 0 Å². The number of nitrogens with one attached hydrogen (secondary N) is 2. The minimum atomic E-state index is 0. The van der Waals surface area contributed by atoms with Gasteiger partial charge in [-0.05, 0) is 36.8 Å². The van der Waals surface area contributed by atoms with Gasteiger partial charge in [-0.3, -0.25) is 9.98 Å². The summed E-state index contributed by atoms with van der Waals surface area (Å²) < 4.78 is 6.13. The third-order valence-corrected chi connectivity index (χ3v) is 4.12. The first-order valence-corrected chi connectivity index (χ1v) is 8.92. The number of aromatic nitrogens is 1. The largest absolute Gasteiger partial charge is 0.457 e. The minimum Gasteiger partial charge on any atom is -0.457 e. The molecular weight excluding hydrogens is 463 g/mol. The molecule has 28 heavy (non-hydrogen) atoms. The maximum atomic E-state index is 6.13. The zero-order chi connectivity index (χ0) is 18.9. The van der Waals surface area contributed by atoms with Crippen LogP contribution in [0.1, 0.15) is 16.8 Å². The molecule has 3 rings (SSSR count). The van der Waals surface area contributed by atoms with Crippen LogP contribution in [0.3, 0.4) is 0 Å². The normalized spacial score (nSPS) is 10.7. The SMILES string of the molecule is CN=C(NCc1ccccn1)NCc1ccccc1Oc1ccccc1C.I. The van der Waals surface area contributed by atoms with Crippen LogP contribution in [0.5, 0.6) is 11.5 Å². The van der Waals surface area contributed by atoms with Gasteiger partial charge in [0.25, 0.3) is 0 Å². The molecule has 6 heteroatoms. The third-order valence-electron chi connectivity index (χ3n) is 4.12. The summed E-state index contributed by atoms with van der Waals surface area (Å²) in [6.07, 6.45) is 1.78. The van der Waals surface area contributed by atoms with Gasteiger partial charge in [-0.25, -0.2) is 0 Å². The Balaban J connectivity index is 0.00000280. The van der Waals surface area contributed by atoms with Crippen molar-refractivity contribution in [1.29, 1.82) is 0 Å². The summed E-state index contributed by atoms with van der Waals surface area (Å²) in [6, 6.07) is 21.9. The summed E-state index contributed by atoms with van der Waals surface area (Å²) in [7, 11) is 1.75. The number of hydrogen-bond donors (Lipinski definition) is 2. The fourth-order valence-electron chi connectivity index (χ4n) is 2.62. The first kappa shape index (κ1) is 21.7. The van der Waals surface area contributed by atoms with E-state index < -0.39 is 0 Å². The van der Waals surface area contributed by atoms with Gasteiger partial charge in [0.1, 0.15) is 11.5 Å². The highest BCUT2D eigenvalue weighted by Gasteiger charge is 2.07. The molecule has 0 aliphatic rings. The molecule has 1 aromatic heterocycles. The number of pyridine rings is 1. The van der Waals surface area contributed by atoms with E-state index in [9.17, 15) is 0 Å². The van der Waals surface area contributed by atoms with E-state index in [0.717, 1.165) is 28.3 Å². The number of ether oxygens (including phenoxy) is 1. The standard InChI is InChI=1S/C22H24N4O.HI/c1-17-9-3-5-12-20(17)27-21-13-6-4-10-18(21)15-25-22(23-2)26-16-19-11-7-8-14-24-19;/h3-14H,15-16H2,1-2H3,(H2,23,25,26);1H. The molecule has 5 nitrogen and oxygen atoms in total. The summed E-state index contributed by atoms with van der Waals surface area (Å²) in [6.45, 7) is 3.26. The van der Waals surface area contributed by atoms with Gasteiger partial charge in [0.2, 0.25) is 0 Å². The number of aryl methyl sites for hydroxylation is 1. The summed E-state index contributed by atoms with van der Waals surface area (Å²) in [5, 5.41) is 6.60. The Bertz CT molecular complexity index is 900. The second kappa shape index (κ2) is 11.3. The van der Waals surface area contributed by atoms with Crippen molar-refractivity contribution < 1.29 is 4.74 Å². The maximum Gasteiger partial charge on any atom is 0.191 e. The van der Waals surface area contributed by atoms with Crippen molar-refractivity contribution in [3.8, 4) is 11.5 Å². The first-order chi connectivity index (χ1) is 13.3. The van der Waals surface area contributed by atoms with E-state index >= 15 is 0 Å². The third kappa shape index (κ3) is 6.23. The summed E-state index contributed by atoms with van der Waals surface area (Å²) in [5.74, 6) is 2.41. The lowest BCUT2D eigenvalue weighted by Gasteiger charge is -2.15. The molecule has 0 fully saturated rings. The molecule has 0 aliphatic heterocycles. The fourth-order valence-corrected chi connectivity index (χ4v) is 2.62. The Morgan fingerprint density at radius 3 is 2.29 bits per heavy atom. The smallest absolute Gasteiger partial charge is 0.191 e. The van der Waals surface area contributed by atoms with Crippen molar-refractivity contribution in [2.24, 2.45) is 4.99 Å². The molecular formula is C22H25IN4O. The van der Waals surface area contributed by atoms with Crippen LogP contribution in [-0.4, -0.2) is 18.0 Å². The van der Waals surface area contributed by atoms with Gasteiger partial charge in [-0.2, -0.15) is 0 Å². The second-order valence-corrected chi connectivity index (χ2v) is 6.08. The number of benzene rings is 2. The van der Waals surface area contributed by atoms with Crippen LogP contribution < -0.4 is 15.4 Å². The summed E-state index contributed by atoms with van der Waals surface area (Å²) in [4.78, 5) is 8.58. The summed E-state index contributed by atoms with van der Waals surface area (Å²) in [5.41, 5.74) is 3.12. The topological polar surface area (TPSA) is 58.5 Å². The van der Waals surface area contributed by atoms with Crippen molar-refractivity contribution in [2.75, 3.05) is 7.05 Å². The van der Waals surface area contributed by atoms with Gasteiger partial charge in [0, 0.05) is 25.4 Å². The maximum absolute atomic E-state index is 6.13. The molecule has 2 N–H and O–H groups in total. The molecule has 0 spiro atoms. The van der Waals surface area contributed by atoms with Crippen LogP contribution in [0.2, 0.25) is 0 Å². The fraction of sp³-hybridized carbons (Fsp3) is 0.182. The zero-order valence-electron chi connectivity index (χ0n) is 16.1. The van der Waals surface area contributed by atoms with Crippen LogP contribution in [0, 0.1) is 6.92 Å². The van der Waals surface area contributed by atoms with Crippen molar-refractivity contribution in [2.45, 2.75) is 20.0 Å².